The molecule has 0 unspecified atom stereocenters. The van der Waals surface area contributed by atoms with E-state index in [0.717, 1.165) is 32.4 Å². The van der Waals surface area contributed by atoms with Gasteiger partial charge in [-0.15, -0.1) is 0 Å². The van der Waals surface area contributed by atoms with Crippen molar-refractivity contribution in [2.45, 2.75) is 52.2 Å². The lowest BCUT2D eigenvalue weighted by atomic mass is 10.1. The smallest absolute Gasteiger partial charge is 0.323 e. The Bertz CT molecular complexity index is 1010. The van der Waals surface area contributed by atoms with Crippen molar-refractivity contribution in [3.8, 4) is 5.75 Å². The standard InChI is InChI=1S/C29H42N4O4/c1-21-18-33(22(2)19-32(4)5)28(34)26-17-25(31-29(35)30-24-12-7-6-8-13-24)14-15-27(26)37-23(3)11-9-10-16-36-20-21/h6-8,12-15,17,21-23H,9-11,16,18-20H2,1-5H3,(H2,30,31,35)/t21-,22+,23+/m0/s1. The number of amides is 3. The number of hydrogen-bond acceptors (Lipinski definition) is 5. The summed E-state index contributed by atoms with van der Waals surface area (Å²) in [5.41, 5.74) is 1.65. The Morgan fingerprint density at radius 3 is 2.54 bits per heavy atom. The van der Waals surface area contributed by atoms with Gasteiger partial charge in [0.15, 0.2) is 0 Å². The second-order valence-electron chi connectivity index (χ2n) is 10.3. The fraction of sp³-hybridized carbons (Fsp3) is 0.517. The zero-order valence-corrected chi connectivity index (χ0v) is 22.8. The molecule has 3 rings (SSSR count). The second kappa shape index (κ2) is 14.0. The maximum atomic E-state index is 14.1. The summed E-state index contributed by atoms with van der Waals surface area (Å²) in [4.78, 5) is 30.7. The summed E-state index contributed by atoms with van der Waals surface area (Å²) in [5.74, 6) is 0.597. The van der Waals surface area contributed by atoms with E-state index in [0.29, 0.717) is 35.8 Å². The first-order chi connectivity index (χ1) is 17.7. The van der Waals surface area contributed by atoms with Crippen molar-refractivity contribution in [2.75, 3.05) is 51.0 Å². The molecule has 0 aromatic heterocycles. The van der Waals surface area contributed by atoms with Gasteiger partial charge in [-0.1, -0.05) is 25.1 Å². The number of benzene rings is 2. The molecular weight excluding hydrogens is 468 g/mol. The molecule has 1 aliphatic heterocycles. The van der Waals surface area contributed by atoms with Gasteiger partial charge in [0, 0.05) is 37.1 Å². The lowest BCUT2D eigenvalue weighted by Crippen LogP contribution is -2.46. The summed E-state index contributed by atoms with van der Waals surface area (Å²) >= 11 is 0. The van der Waals surface area contributed by atoms with Crippen molar-refractivity contribution in [1.29, 1.82) is 0 Å². The molecule has 0 radical (unpaired) electrons. The van der Waals surface area contributed by atoms with Gasteiger partial charge in [0.05, 0.1) is 18.3 Å². The highest BCUT2D eigenvalue weighted by Gasteiger charge is 2.27. The first-order valence-corrected chi connectivity index (χ1v) is 13.2. The average Bonchev–Trinajstić information content (AvgIpc) is 2.84. The SMILES string of the molecule is C[C@@H]1COCCCC[C@@H](C)Oc2ccc(NC(=O)Nc3ccccc3)cc2C(=O)N([C@H](C)CN(C)C)C1. The molecule has 0 spiro atoms. The van der Waals surface area contributed by atoms with E-state index < -0.39 is 0 Å². The predicted molar refractivity (Wildman–Crippen MR) is 149 cm³/mol. The van der Waals surface area contributed by atoms with Gasteiger partial charge in [0.1, 0.15) is 5.75 Å². The average molecular weight is 511 g/mol. The number of anilines is 2. The van der Waals surface area contributed by atoms with E-state index in [1.807, 2.05) is 56.3 Å². The molecule has 202 valence electrons. The number of hydrogen-bond donors (Lipinski definition) is 2. The van der Waals surface area contributed by atoms with Crippen LogP contribution in [0.25, 0.3) is 0 Å². The fourth-order valence-corrected chi connectivity index (χ4v) is 4.52. The van der Waals surface area contributed by atoms with Crippen LogP contribution in [-0.4, -0.2) is 74.3 Å². The van der Waals surface area contributed by atoms with Crippen LogP contribution in [0.5, 0.6) is 5.75 Å². The molecule has 0 bridgehead atoms. The van der Waals surface area contributed by atoms with Crippen LogP contribution in [-0.2, 0) is 4.74 Å². The third-order valence-electron chi connectivity index (χ3n) is 6.31. The largest absolute Gasteiger partial charge is 0.490 e. The summed E-state index contributed by atoms with van der Waals surface area (Å²) in [5, 5.41) is 5.67. The first-order valence-electron chi connectivity index (χ1n) is 13.2. The molecule has 2 aromatic carbocycles. The molecule has 37 heavy (non-hydrogen) atoms. The number of carbonyl (C=O) groups excluding carboxylic acids is 2. The molecular formula is C29H42N4O4. The Balaban J connectivity index is 1.92. The van der Waals surface area contributed by atoms with Gasteiger partial charge in [-0.05, 0) is 83.5 Å². The zero-order valence-electron chi connectivity index (χ0n) is 22.8. The van der Waals surface area contributed by atoms with Gasteiger partial charge in [0.25, 0.3) is 5.91 Å². The highest BCUT2D eigenvalue weighted by molar-refractivity contribution is 6.02. The Labute approximate surface area is 221 Å². The number of likely N-dealkylation sites (N-methyl/N-ethyl adjacent to an activating group) is 1. The molecule has 8 heteroatoms. The Morgan fingerprint density at radius 2 is 1.81 bits per heavy atom. The van der Waals surface area contributed by atoms with Crippen molar-refractivity contribution in [3.63, 3.8) is 0 Å². The Hall–Kier alpha value is -3.10. The minimum absolute atomic E-state index is 0.0267. The monoisotopic (exact) mass is 510 g/mol. The van der Waals surface area contributed by atoms with Crippen molar-refractivity contribution in [2.24, 2.45) is 5.92 Å². The van der Waals surface area contributed by atoms with Gasteiger partial charge in [-0.3, -0.25) is 4.79 Å². The molecule has 1 heterocycles. The number of para-hydroxylation sites is 1. The van der Waals surface area contributed by atoms with Crippen LogP contribution in [0.2, 0.25) is 0 Å². The van der Waals surface area contributed by atoms with Gasteiger partial charge >= 0.3 is 6.03 Å². The summed E-state index contributed by atoms with van der Waals surface area (Å²) < 4.78 is 12.2. The lowest BCUT2D eigenvalue weighted by molar-refractivity contribution is 0.0501. The van der Waals surface area contributed by atoms with E-state index in [1.165, 1.54) is 0 Å². The van der Waals surface area contributed by atoms with Gasteiger partial charge < -0.3 is 29.9 Å². The van der Waals surface area contributed by atoms with Crippen molar-refractivity contribution < 1.29 is 19.1 Å². The van der Waals surface area contributed by atoms with Crippen LogP contribution in [0, 0.1) is 5.92 Å². The number of ether oxygens (including phenoxy) is 2. The topological polar surface area (TPSA) is 83.1 Å². The first kappa shape index (κ1) is 28.5. The zero-order chi connectivity index (χ0) is 26.8. The van der Waals surface area contributed by atoms with E-state index in [4.69, 9.17) is 9.47 Å². The summed E-state index contributed by atoms with van der Waals surface area (Å²) in [6.45, 7) is 8.81. The Kier molecular flexibility index (Phi) is 10.8. The molecule has 8 nitrogen and oxygen atoms in total. The predicted octanol–water partition coefficient (Wildman–Crippen LogP) is 5.33. The highest BCUT2D eigenvalue weighted by Crippen LogP contribution is 2.28. The number of urea groups is 1. The van der Waals surface area contributed by atoms with Crippen LogP contribution < -0.4 is 15.4 Å². The van der Waals surface area contributed by atoms with Crippen LogP contribution >= 0.6 is 0 Å². The number of rotatable bonds is 5. The molecule has 3 atom stereocenters. The molecule has 0 saturated heterocycles. The maximum absolute atomic E-state index is 14.1. The minimum Gasteiger partial charge on any atom is -0.490 e. The molecule has 2 aromatic rings. The van der Waals surface area contributed by atoms with Crippen LogP contribution in [0.15, 0.2) is 48.5 Å². The third-order valence-corrected chi connectivity index (χ3v) is 6.31. The number of carbonyl (C=O) groups is 2. The van der Waals surface area contributed by atoms with E-state index in [-0.39, 0.29) is 30.0 Å². The van der Waals surface area contributed by atoms with E-state index in [1.54, 1.807) is 18.2 Å². The quantitative estimate of drug-likeness (QED) is 0.568. The number of nitrogens with one attached hydrogen (secondary N) is 2. The van der Waals surface area contributed by atoms with Gasteiger partial charge in [-0.2, -0.15) is 0 Å². The second-order valence-corrected chi connectivity index (χ2v) is 10.3. The lowest BCUT2D eigenvalue weighted by Gasteiger charge is -2.34. The fourth-order valence-electron chi connectivity index (χ4n) is 4.52. The minimum atomic E-state index is -0.377. The van der Waals surface area contributed by atoms with Crippen molar-refractivity contribution in [3.05, 3.63) is 54.1 Å². The normalized spacial score (nSPS) is 20.4. The van der Waals surface area contributed by atoms with E-state index in [9.17, 15) is 9.59 Å². The highest BCUT2D eigenvalue weighted by atomic mass is 16.5. The number of nitrogens with zero attached hydrogens (tertiary/aromatic N) is 2. The third kappa shape index (κ3) is 9.05. The van der Waals surface area contributed by atoms with Crippen LogP contribution in [0.4, 0.5) is 16.2 Å². The summed E-state index contributed by atoms with van der Waals surface area (Å²) in [7, 11) is 4.01. The van der Waals surface area contributed by atoms with Crippen molar-refractivity contribution in [1.82, 2.24) is 9.80 Å². The molecule has 1 aliphatic rings. The van der Waals surface area contributed by atoms with Crippen molar-refractivity contribution >= 4 is 23.3 Å². The molecule has 0 fully saturated rings. The van der Waals surface area contributed by atoms with Gasteiger partial charge in [0.2, 0.25) is 0 Å². The summed E-state index contributed by atoms with van der Waals surface area (Å²) in [6.07, 6.45) is 2.78. The van der Waals surface area contributed by atoms with Crippen LogP contribution in [0.1, 0.15) is 50.4 Å². The molecule has 3 amide bonds. The maximum Gasteiger partial charge on any atom is 0.323 e. The van der Waals surface area contributed by atoms with E-state index >= 15 is 0 Å². The number of fused-ring (bicyclic) bond motifs is 1. The Morgan fingerprint density at radius 1 is 1.08 bits per heavy atom. The summed E-state index contributed by atoms with van der Waals surface area (Å²) in [6, 6.07) is 14.1. The molecule has 0 aliphatic carbocycles. The van der Waals surface area contributed by atoms with E-state index in [2.05, 4.69) is 29.4 Å². The molecule has 2 N–H and O–H groups in total. The van der Waals surface area contributed by atoms with Gasteiger partial charge in [-0.25, -0.2) is 4.79 Å². The molecule has 0 saturated carbocycles. The van der Waals surface area contributed by atoms with Crippen LogP contribution in [0.3, 0.4) is 0 Å².